The van der Waals surface area contributed by atoms with Gasteiger partial charge in [0, 0.05) is 44.0 Å². The van der Waals surface area contributed by atoms with Gasteiger partial charge < -0.3 is 15.0 Å². The van der Waals surface area contributed by atoms with Gasteiger partial charge in [-0.1, -0.05) is 6.42 Å². The summed E-state index contributed by atoms with van der Waals surface area (Å²) in [6, 6.07) is 0.493. The molecule has 0 spiro atoms. The lowest BCUT2D eigenvalue weighted by Crippen LogP contribution is -2.45. The molecule has 6 nitrogen and oxygen atoms in total. The first-order valence-electron chi connectivity index (χ1n) is 8.47. The lowest BCUT2D eigenvalue weighted by atomic mass is 10.1. The summed E-state index contributed by atoms with van der Waals surface area (Å²) in [5, 5.41) is 7.86. The SMILES string of the molecule is CC(NC1CCCCN(C(=O)OC(C)(C)C)C1)c1cnn(C)c1. The van der Waals surface area contributed by atoms with Crippen LogP contribution in [0.4, 0.5) is 4.79 Å². The molecular weight excluding hydrogens is 292 g/mol. The molecular formula is C17H30N4O2. The van der Waals surface area contributed by atoms with E-state index in [1.807, 2.05) is 49.8 Å². The Morgan fingerprint density at radius 2 is 2.17 bits per heavy atom. The molecule has 2 unspecified atom stereocenters. The minimum absolute atomic E-state index is 0.208. The van der Waals surface area contributed by atoms with Crippen LogP contribution in [-0.2, 0) is 11.8 Å². The second-order valence-corrected chi connectivity index (χ2v) is 7.45. The summed E-state index contributed by atoms with van der Waals surface area (Å²) >= 11 is 0. The fraction of sp³-hybridized carbons (Fsp3) is 0.765. The Morgan fingerprint density at radius 3 is 2.78 bits per heavy atom. The van der Waals surface area contributed by atoms with Gasteiger partial charge in [0.25, 0.3) is 0 Å². The number of likely N-dealkylation sites (tertiary alicyclic amines) is 1. The van der Waals surface area contributed by atoms with Gasteiger partial charge in [0.15, 0.2) is 0 Å². The molecule has 0 radical (unpaired) electrons. The molecule has 1 aromatic heterocycles. The number of amides is 1. The molecule has 1 aliphatic rings. The maximum Gasteiger partial charge on any atom is 0.410 e. The summed E-state index contributed by atoms with van der Waals surface area (Å²) in [6.45, 7) is 9.32. The van der Waals surface area contributed by atoms with E-state index in [0.29, 0.717) is 6.54 Å². The topological polar surface area (TPSA) is 59.4 Å². The maximum atomic E-state index is 12.3. The molecule has 2 rings (SSSR count). The van der Waals surface area contributed by atoms with Gasteiger partial charge in [-0.15, -0.1) is 0 Å². The third-order valence-electron chi connectivity index (χ3n) is 4.03. The Labute approximate surface area is 139 Å². The zero-order valence-electron chi connectivity index (χ0n) is 15.0. The zero-order chi connectivity index (χ0) is 17.0. The maximum absolute atomic E-state index is 12.3. The van der Waals surface area contributed by atoms with Crippen molar-refractivity contribution in [2.45, 2.75) is 64.6 Å². The summed E-state index contributed by atoms with van der Waals surface area (Å²) in [6.07, 6.45) is 6.93. The van der Waals surface area contributed by atoms with Crippen molar-refractivity contribution in [3.05, 3.63) is 18.0 Å². The van der Waals surface area contributed by atoms with Crippen LogP contribution in [-0.4, -0.2) is 45.5 Å². The Hall–Kier alpha value is -1.56. The smallest absolute Gasteiger partial charge is 0.410 e. The van der Waals surface area contributed by atoms with Crippen molar-refractivity contribution < 1.29 is 9.53 Å². The lowest BCUT2D eigenvalue weighted by molar-refractivity contribution is 0.0242. The fourth-order valence-corrected chi connectivity index (χ4v) is 2.88. The van der Waals surface area contributed by atoms with Crippen LogP contribution in [0, 0.1) is 0 Å². The van der Waals surface area contributed by atoms with E-state index in [1.54, 1.807) is 0 Å². The highest BCUT2D eigenvalue weighted by molar-refractivity contribution is 5.68. The third-order valence-corrected chi connectivity index (χ3v) is 4.03. The first-order chi connectivity index (χ1) is 10.7. The standard InChI is InChI=1S/C17H30N4O2/c1-13(14-10-18-20(5)11-14)19-15-8-6-7-9-21(12-15)16(22)23-17(2,3)4/h10-11,13,15,19H,6-9,12H2,1-5H3. The van der Waals surface area contributed by atoms with E-state index in [2.05, 4.69) is 17.3 Å². The molecule has 1 saturated heterocycles. The van der Waals surface area contributed by atoms with Gasteiger partial charge in [0.2, 0.25) is 0 Å². The van der Waals surface area contributed by atoms with Crippen LogP contribution in [0.25, 0.3) is 0 Å². The van der Waals surface area contributed by atoms with Gasteiger partial charge in [-0.05, 0) is 40.5 Å². The highest BCUT2D eigenvalue weighted by atomic mass is 16.6. The molecule has 1 aliphatic heterocycles. The number of carbonyl (C=O) groups excluding carboxylic acids is 1. The second-order valence-electron chi connectivity index (χ2n) is 7.45. The summed E-state index contributed by atoms with van der Waals surface area (Å²) < 4.78 is 7.33. The molecule has 1 fully saturated rings. The largest absolute Gasteiger partial charge is 0.444 e. The van der Waals surface area contributed by atoms with Gasteiger partial charge in [0.1, 0.15) is 5.60 Å². The van der Waals surface area contributed by atoms with Crippen LogP contribution in [0.5, 0.6) is 0 Å². The summed E-state index contributed by atoms with van der Waals surface area (Å²) in [5.74, 6) is 0. The van der Waals surface area contributed by atoms with Gasteiger partial charge in [-0.25, -0.2) is 4.79 Å². The summed E-state index contributed by atoms with van der Waals surface area (Å²) in [7, 11) is 1.92. The van der Waals surface area contributed by atoms with Crippen LogP contribution < -0.4 is 5.32 Å². The first-order valence-corrected chi connectivity index (χ1v) is 8.47. The third kappa shape index (κ3) is 5.53. The number of rotatable bonds is 3. The Balaban J connectivity index is 1.95. The van der Waals surface area contributed by atoms with Crippen molar-refractivity contribution in [2.75, 3.05) is 13.1 Å². The molecule has 130 valence electrons. The van der Waals surface area contributed by atoms with Crippen molar-refractivity contribution in [1.82, 2.24) is 20.0 Å². The van der Waals surface area contributed by atoms with Crippen LogP contribution in [0.3, 0.4) is 0 Å². The van der Waals surface area contributed by atoms with Crippen LogP contribution >= 0.6 is 0 Å². The Morgan fingerprint density at radius 1 is 1.43 bits per heavy atom. The van der Waals surface area contributed by atoms with E-state index in [4.69, 9.17) is 4.74 Å². The summed E-state index contributed by atoms with van der Waals surface area (Å²) in [5.41, 5.74) is 0.718. The van der Waals surface area contributed by atoms with E-state index >= 15 is 0 Å². The molecule has 1 N–H and O–H groups in total. The predicted octanol–water partition coefficient (Wildman–Crippen LogP) is 2.86. The molecule has 0 saturated carbocycles. The van der Waals surface area contributed by atoms with E-state index in [9.17, 15) is 4.79 Å². The number of nitrogens with one attached hydrogen (secondary N) is 1. The number of ether oxygens (including phenoxy) is 1. The highest BCUT2D eigenvalue weighted by Crippen LogP contribution is 2.18. The van der Waals surface area contributed by atoms with Gasteiger partial charge in [-0.3, -0.25) is 4.68 Å². The molecule has 2 heterocycles. The highest BCUT2D eigenvalue weighted by Gasteiger charge is 2.27. The lowest BCUT2D eigenvalue weighted by Gasteiger charge is -2.29. The molecule has 1 amide bonds. The van der Waals surface area contributed by atoms with Crippen LogP contribution in [0.2, 0.25) is 0 Å². The zero-order valence-corrected chi connectivity index (χ0v) is 15.0. The van der Waals surface area contributed by atoms with Crippen LogP contribution in [0.15, 0.2) is 12.4 Å². The van der Waals surface area contributed by atoms with Gasteiger partial charge in [0.05, 0.1) is 6.20 Å². The Kier molecular flexibility index (Phi) is 5.68. The molecule has 6 heteroatoms. The van der Waals surface area contributed by atoms with Crippen molar-refractivity contribution in [2.24, 2.45) is 7.05 Å². The molecule has 0 bridgehead atoms. The van der Waals surface area contributed by atoms with E-state index in [-0.39, 0.29) is 18.2 Å². The number of aryl methyl sites for hydroxylation is 1. The van der Waals surface area contributed by atoms with Gasteiger partial charge in [-0.2, -0.15) is 5.10 Å². The van der Waals surface area contributed by atoms with Gasteiger partial charge >= 0.3 is 6.09 Å². The molecule has 2 atom stereocenters. The average molecular weight is 322 g/mol. The van der Waals surface area contributed by atoms with Crippen LogP contribution in [0.1, 0.15) is 58.6 Å². The molecule has 0 aliphatic carbocycles. The predicted molar refractivity (Wildman–Crippen MR) is 90.2 cm³/mol. The molecule has 1 aromatic rings. The molecule has 23 heavy (non-hydrogen) atoms. The van der Waals surface area contributed by atoms with Crippen molar-refractivity contribution in [1.29, 1.82) is 0 Å². The average Bonchev–Trinajstić information content (AvgIpc) is 2.73. The quantitative estimate of drug-likeness (QED) is 0.929. The van der Waals surface area contributed by atoms with E-state index < -0.39 is 5.60 Å². The number of nitrogens with zero attached hydrogens (tertiary/aromatic N) is 3. The van der Waals surface area contributed by atoms with E-state index in [1.165, 1.54) is 5.56 Å². The van der Waals surface area contributed by atoms with E-state index in [0.717, 1.165) is 25.8 Å². The minimum atomic E-state index is -0.449. The number of aromatic nitrogens is 2. The normalized spacial score (nSPS) is 20.9. The monoisotopic (exact) mass is 322 g/mol. The second kappa shape index (κ2) is 7.34. The number of hydrogen-bond acceptors (Lipinski definition) is 4. The minimum Gasteiger partial charge on any atom is -0.444 e. The molecule has 0 aromatic carbocycles. The number of carbonyl (C=O) groups is 1. The fourth-order valence-electron chi connectivity index (χ4n) is 2.88. The number of hydrogen-bond donors (Lipinski definition) is 1. The van der Waals surface area contributed by atoms with Crippen molar-refractivity contribution in [3.63, 3.8) is 0 Å². The summed E-state index contributed by atoms with van der Waals surface area (Å²) in [4.78, 5) is 14.2. The first kappa shape index (κ1) is 17.8. The Bertz CT molecular complexity index is 521. The van der Waals surface area contributed by atoms with Crippen molar-refractivity contribution in [3.8, 4) is 0 Å². The van der Waals surface area contributed by atoms with Crippen molar-refractivity contribution >= 4 is 6.09 Å².